The first kappa shape index (κ1) is 18.4. The fraction of sp³-hybridized carbons (Fsp3) is 0.526. The Balaban J connectivity index is 1.55. The molecule has 2 heterocycles. The minimum absolute atomic E-state index is 0.434. The van der Waals surface area contributed by atoms with Gasteiger partial charge in [0.05, 0.1) is 0 Å². The molecule has 0 radical (unpaired) electrons. The fourth-order valence-electron chi connectivity index (χ4n) is 3.16. The molecule has 0 spiro atoms. The Kier molecular flexibility index (Phi) is 6.22. The zero-order chi connectivity index (χ0) is 18.4. The van der Waals surface area contributed by atoms with Gasteiger partial charge in [-0.1, -0.05) is 35.0 Å². The SMILES string of the molecule is CCNC(=NCc1noc(C)n1)N1CCN(Cc2cccc(C)c2)CC1. The first-order chi connectivity index (χ1) is 12.6. The van der Waals surface area contributed by atoms with Crippen LogP contribution in [0.5, 0.6) is 0 Å². The van der Waals surface area contributed by atoms with E-state index in [-0.39, 0.29) is 0 Å². The van der Waals surface area contributed by atoms with Crippen LogP contribution >= 0.6 is 0 Å². The summed E-state index contributed by atoms with van der Waals surface area (Å²) in [5, 5.41) is 7.28. The van der Waals surface area contributed by atoms with E-state index in [1.165, 1.54) is 11.1 Å². The molecule has 0 unspecified atom stereocenters. The van der Waals surface area contributed by atoms with Crippen molar-refractivity contribution in [3.05, 3.63) is 47.1 Å². The highest BCUT2D eigenvalue weighted by Gasteiger charge is 2.19. The Bertz CT molecular complexity index is 733. The zero-order valence-electron chi connectivity index (χ0n) is 15.9. The van der Waals surface area contributed by atoms with Crippen molar-refractivity contribution in [3.8, 4) is 0 Å². The lowest BCUT2D eigenvalue weighted by Crippen LogP contribution is -2.52. The normalized spacial score (nSPS) is 16.1. The number of aryl methyl sites for hydroxylation is 2. The van der Waals surface area contributed by atoms with Crippen molar-refractivity contribution < 1.29 is 4.52 Å². The lowest BCUT2D eigenvalue weighted by Gasteiger charge is -2.36. The summed E-state index contributed by atoms with van der Waals surface area (Å²) in [4.78, 5) is 13.7. The predicted octanol–water partition coefficient (Wildman–Crippen LogP) is 1.97. The number of nitrogens with zero attached hydrogens (tertiary/aromatic N) is 5. The maximum Gasteiger partial charge on any atom is 0.223 e. The molecule has 0 aliphatic carbocycles. The van der Waals surface area contributed by atoms with Gasteiger partial charge in [0.25, 0.3) is 0 Å². The van der Waals surface area contributed by atoms with E-state index in [1.807, 2.05) is 0 Å². The number of rotatable bonds is 5. The van der Waals surface area contributed by atoms with Crippen molar-refractivity contribution in [2.45, 2.75) is 33.9 Å². The second-order valence-electron chi connectivity index (χ2n) is 6.65. The van der Waals surface area contributed by atoms with Crippen molar-refractivity contribution in [3.63, 3.8) is 0 Å². The standard InChI is InChI=1S/C19H28N6O/c1-4-20-19(21-13-18-22-16(3)26-23-18)25-10-8-24(9-11-25)14-17-7-5-6-15(2)12-17/h5-7,12H,4,8-11,13-14H2,1-3H3,(H,20,21). The highest BCUT2D eigenvalue weighted by Crippen LogP contribution is 2.11. The number of guanidine groups is 1. The van der Waals surface area contributed by atoms with Gasteiger partial charge in [0, 0.05) is 46.2 Å². The number of aromatic nitrogens is 2. The smallest absolute Gasteiger partial charge is 0.223 e. The highest BCUT2D eigenvalue weighted by molar-refractivity contribution is 5.80. The summed E-state index contributed by atoms with van der Waals surface area (Å²) < 4.78 is 5.01. The predicted molar refractivity (Wildman–Crippen MR) is 102 cm³/mol. The van der Waals surface area contributed by atoms with Crippen molar-refractivity contribution >= 4 is 5.96 Å². The third-order valence-electron chi connectivity index (χ3n) is 4.44. The third kappa shape index (κ3) is 5.05. The minimum atomic E-state index is 0.434. The average molecular weight is 356 g/mol. The van der Waals surface area contributed by atoms with Gasteiger partial charge in [-0.05, 0) is 19.4 Å². The van der Waals surface area contributed by atoms with Crippen LogP contribution in [0.3, 0.4) is 0 Å². The topological polar surface area (TPSA) is 69.8 Å². The Hall–Kier alpha value is -2.41. The molecule has 1 aromatic heterocycles. The van der Waals surface area contributed by atoms with E-state index in [2.05, 4.69) is 68.4 Å². The molecule has 0 atom stereocenters. The fourth-order valence-corrected chi connectivity index (χ4v) is 3.16. The summed E-state index contributed by atoms with van der Waals surface area (Å²) in [5.74, 6) is 2.12. The third-order valence-corrected chi connectivity index (χ3v) is 4.44. The molecule has 1 N–H and O–H groups in total. The monoisotopic (exact) mass is 356 g/mol. The van der Waals surface area contributed by atoms with Gasteiger partial charge < -0.3 is 14.7 Å². The Labute approximate surface area is 155 Å². The van der Waals surface area contributed by atoms with Crippen LogP contribution in [0.1, 0.15) is 29.8 Å². The summed E-state index contributed by atoms with van der Waals surface area (Å²) in [6.45, 7) is 12.3. The van der Waals surface area contributed by atoms with Crippen molar-refractivity contribution in [2.75, 3.05) is 32.7 Å². The Morgan fingerprint density at radius 3 is 2.69 bits per heavy atom. The summed E-state index contributed by atoms with van der Waals surface area (Å²) in [6.07, 6.45) is 0. The van der Waals surface area contributed by atoms with Gasteiger partial charge in [-0.2, -0.15) is 4.98 Å². The van der Waals surface area contributed by atoms with Crippen LogP contribution in [-0.4, -0.2) is 58.6 Å². The molecule has 0 amide bonds. The largest absolute Gasteiger partial charge is 0.357 e. The second-order valence-corrected chi connectivity index (χ2v) is 6.65. The molecular weight excluding hydrogens is 328 g/mol. The van der Waals surface area contributed by atoms with Crippen molar-refractivity contribution in [1.29, 1.82) is 0 Å². The van der Waals surface area contributed by atoms with E-state index in [1.54, 1.807) is 6.92 Å². The molecule has 140 valence electrons. The molecule has 1 saturated heterocycles. The number of nitrogens with one attached hydrogen (secondary N) is 1. The Morgan fingerprint density at radius 2 is 2.04 bits per heavy atom. The number of piperazine rings is 1. The average Bonchev–Trinajstić information content (AvgIpc) is 3.05. The van der Waals surface area contributed by atoms with Crippen LogP contribution < -0.4 is 5.32 Å². The van der Waals surface area contributed by atoms with Crippen LogP contribution in [0.4, 0.5) is 0 Å². The summed E-state index contributed by atoms with van der Waals surface area (Å²) >= 11 is 0. The van der Waals surface area contributed by atoms with Gasteiger partial charge in [0.15, 0.2) is 11.8 Å². The summed E-state index contributed by atoms with van der Waals surface area (Å²) in [7, 11) is 0. The highest BCUT2D eigenvalue weighted by atomic mass is 16.5. The van der Waals surface area contributed by atoms with Gasteiger partial charge in [0.2, 0.25) is 5.89 Å². The van der Waals surface area contributed by atoms with Crippen molar-refractivity contribution in [2.24, 2.45) is 4.99 Å². The van der Waals surface area contributed by atoms with E-state index >= 15 is 0 Å². The van der Waals surface area contributed by atoms with E-state index < -0.39 is 0 Å². The van der Waals surface area contributed by atoms with Crippen LogP contribution in [0.2, 0.25) is 0 Å². The van der Waals surface area contributed by atoms with Gasteiger partial charge in [-0.3, -0.25) is 4.90 Å². The summed E-state index contributed by atoms with van der Waals surface area (Å²) in [5.41, 5.74) is 2.70. The molecule has 1 aliphatic heterocycles. The zero-order valence-corrected chi connectivity index (χ0v) is 15.9. The maximum atomic E-state index is 5.01. The molecule has 7 heteroatoms. The quantitative estimate of drug-likeness (QED) is 0.652. The van der Waals surface area contributed by atoms with Crippen LogP contribution in [0.25, 0.3) is 0 Å². The minimum Gasteiger partial charge on any atom is -0.357 e. The molecule has 7 nitrogen and oxygen atoms in total. The number of benzene rings is 1. The number of hydrogen-bond donors (Lipinski definition) is 1. The summed E-state index contributed by atoms with van der Waals surface area (Å²) in [6, 6.07) is 8.75. The number of hydrogen-bond acceptors (Lipinski definition) is 5. The van der Waals surface area contributed by atoms with Crippen LogP contribution in [0, 0.1) is 13.8 Å². The maximum absolute atomic E-state index is 5.01. The van der Waals surface area contributed by atoms with E-state index in [4.69, 9.17) is 4.52 Å². The Morgan fingerprint density at radius 1 is 1.23 bits per heavy atom. The lowest BCUT2D eigenvalue weighted by atomic mass is 10.1. The first-order valence-electron chi connectivity index (χ1n) is 9.24. The molecule has 1 aliphatic rings. The van der Waals surface area contributed by atoms with E-state index in [0.717, 1.165) is 45.2 Å². The number of aliphatic imine (C=N–C) groups is 1. The molecule has 0 saturated carbocycles. The molecular formula is C19H28N6O. The van der Waals surface area contributed by atoms with E-state index in [9.17, 15) is 0 Å². The van der Waals surface area contributed by atoms with Crippen molar-refractivity contribution in [1.82, 2.24) is 25.3 Å². The first-order valence-corrected chi connectivity index (χ1v) is 9.24. The molecule has 2 aromatic rings. The molecule has 0 bridgehead atoms. The van der Waals surface area contributed by atoms with Crippen LogP contribution in [0.15, 0.2) is 33.8 Å². The molecule has 3 rings (SSSR count). The molecule has 1 aromatic carbocycles. The van der Waals surface area contributed by atoms with Gasteiger partial charge in [-0.25, -0.2) is 4.99 Å². The van der Waals surface area contributed by atoms with Gasteiger partial charge in [-0.15, -0.1) is 0 Å². The van der Waals surface area contributed by atoms with E-state index in [0.29, 0.717) is 18.3 Å². The van der Waals surface area contributed by atoms with Gasteiger partial charge >= 0.3 is 0 Å². The van der Waals surface area contributed by atoms with Gasteiger partial charge in [0.1, 0.15) is 6.54 Å². The second kappa shape index (κ2) is 8.80. The van der Waals surface area contributed by atoms with Crippen LogP contribution in [-0.2, 0) is 13.1 Å². The lowest BCUT2D eigenvalue weighted by molar-refractivity contribution is 0.172. The molecule has 1 fully saturated rings. The molecule has 26 heavy (non-hydrogen) atoms.